The zero-order chi connectivity index (χ0) is 15.5. The van der Waals surface area contributed by atoms with Gasteiger partial charge >= 0.3 is 0 Å². The van der Waals surface area contributed by atoms with Gasteiger partial charge in [-0.05, 0) is 31.2 Å². The molecule has 0 fully saturated rings. The van der Waals surface area contributed by atoms with Gasteiger partial charge in [-0.15, -0.1) is 0 Å². The van der Waals surface area contributed by atoms with Gasteiger partial charge in [-0.1, -0.05) is 18.2 Å². The number of nitrogens with zero attached hydrogens (tertiary/aromatic N) is 2. The van der Waals surface area contributed by atoms with Crippen LogP contribution in [0.1, 0.15) is 29.0 Å². The Balaban J connectivity index is 1.60. The molecule has 0 saturated heterocycles. The van der Waals surface area contributed by atoms with E-state index < -0.39 is 0 Å². The van der Waals surface area contributed by atoms with Crippen molar-refractivity contribution in [2.75, 3.05) is 13.1 Å². The summed E-state index contributed by atoms with van der Waals surface area (Å²) in [4.78, 5) is 26.2. The number of benzene rings is 1. The molecule has 0 aliphatic carbocycles. The Morgan fingerprint density at radius 3 is 2.68 bits per heavy atom. The highest BCUT2D eigenvalue weighted by Crippen LogP contribution is 2.24. The molecule has 1 aliphatic heterocycles. The van der Waals surface area contributed by atoms with Crippen LogP contribution in [0.15, 0.2) is 48.7 Å². The van der Waals surface area contributed by atoms with Crippen molar-refractivity contribution in [2.45, 2.75) is 19.5 Å². The molecule has 114 valence electrons. The van der Waals surface area contributed by atoms with E-state index in [-0.39, 0.29) is 24.4 Å². The largest absolute Gasteiger partial charge is 0.348 e. The van der Waals surface area contributed by atoms with Gasteiger partial charge in [0.05, 0.1) is 12.6 Å². The van der Waals surface area contributed by atoms with E-state index in [2.05, 4.69) is 9.88 Å². The monoisotopic (exact) mass is 297 g/mol. The molecule has 1 aromatic heterocycles. The van der Waals surface area contributed by atoms with Crippen LogP contribution in [0.3, 0.4) is 0 Å². The number of amides is 2. The first-order valence-electron chi connectivity index (χ1n) is 7.44. The van der Waals surface area contributed by atoms with Gasteiger partial charge in [0.15, 0.2) is 0 Å². The Kier molecular flexibility index (Phi) is 3.96. The molecule has 0 bridgehead atoms. The summed E-state index contributed by atoms with van der Waals surface area (Å²) >= 11 is 0. The Hall–Kier alpha value is -2.56. The molecule has 5 heteroatoms. The highest BCUT2D eigenvalue weighted by atomic mass is 16.2. The second-order valence-electron chi connectivity index (χ2n) is 5.44. The fourth-order valence-corrected chi connectivity index (χ4v) is 2.87. The second-order valence-corrected chi connectivity index (χ2v) is 5.44. The average Bonchev–Trinajstić information content (AvgIpc) is 3.03. The molecule has 0 saturated carbocycles. The third kappa shape index (κ3) is 2.74. The highest BCUT2D eigenvalue weighted by Gasteiger charge is 2.27. The smallest absolute Gasteiger partial charge is 0.251 e. The van der Waals surface area contributed by atoms with E-state index in [0.717, 1.165) is 12.2 Å². The fraction of sp³-hybridized carbons (Fsp3) is 0.294. The third-order valence-electron chi connectivity index (χ3n) is 4.10. The summed E-state index contributed by atoms with van der Waals surface area (Å²) in [6, 6.07) is 13.0. The normalized spacial score (nSPS) is 17.0. The lowest BCUT2D eigenvalue weighted by Crippen LogP contribution is -2.45. The van der Waals surface area contributed by atoms with Crippen LogP contribution in [-0.4, -0.2) is 34.4 Å². The molecule has 5 nitrogen and oxygen atoms in total. The molecular formula is C17H19N3O2. The third-order valence-corrected chi connectivity index (χ3v) is 4.10. The lowest BCUT2D eigenvalue weighted by Gasteiger charge is -2.35. The van der Waals surface area contributed by atoms with Crippen LogP contribution in [-0.2, 0) is 11.3 Å². The molecule has 2 amide bonds. The van der Waals surface area contributed by atoms with Crippen LogP contribution in [0.2, 0.25) is 0 Å². The summed E-state index contributed by atoms with van der Waals surface area (Å²) in [6.45, 7) is 3.51. The number of hydrogen-bond acceptors (Lipinski definition) is 2. The van der Waals surface area contributed by atoms with Crippen LogP contribution in [0.25, 0.3) is 0 Å². The minimum Gasteiger partial charge on any atom is -0.348 e. The van der Waals surface area contributed by atoms with E-state index in [9.17, 15) is 9.59 Å². The SMILES string of the molecule is C[C@H]1c2cccn2CCN1C(=O)CNC(=O)c1ccccc1. The van der Waals surface area contributed by atoms with Crippen LogP contribution < -0.4 is 5.32 Å². The molecule has 1 atom stereocenters. The Labute approximate surface area is 129 Å². The number of carbonyl (C=O) groups excluding carboxylic acids is 2. The van der Waals surface area contributed by atoms with Gasteiger partial charge in [0.1, 0.15) is 0 Å². The lowest BCUT2D eigenvalue weighted by atomic mass is 10.1. The maximum absolute atomic E-state index is 12.4. The second kappa shape index (κ2) is 6.05. The van der Waals surface area contributed by atoms with E-state index in [1.54, 1.807) is 24.3 Å². The summed E-state index contributed by atoms with van der Waals surface area (Å²) in [6.07, 6.45) is 2.03. The van der Waals surface area contributed by atoms with Crippen molar-refractivity contribution < 1.29 is 9.59 Å². The van der Waals surface area contributed by atoms with Crippen molar-refractivity contribution in [3.8, 4) is 0 Å². The average molecular weight is 297 g/mol. The molecule has 0 radical (unpaired) electrons. The van der Waals surface area contributed by atoms with Crippen molar-refractivity contribution in [3.05, 3.63) is 59.9 Å². The Bertz CT molecular complexity index is 678. The minimum absolute atomic E-state index is 0.0266. The summed E-state index contributed by atoms with van der Waals surface area (Å²) in [7, 11) is 0. The Morgan fingerprint density at radius 1 is 1.14 bits per heavy atom. The fourth-order valence-electron chi connectivity index (χ4n) is 2.87. The maximum atomic E-state index is 12.4. The van der Waals surface area contributed by atoms with Crippen molar-refractivity contribution in [1.82, 2.24) is 14.8 Å². The van der Waals surface area contributed by atoms with Gasteiger partial charge in [0, 0.05) is 30.5 Å². The first-order chi connectivity index (χ1) is 10.7. The predicted molar refractivity (Wildman–Crippen MR) is 83.3 cm³/mol. The van der Waals surface area contributed by atoms with Crippen molar-refractivity contribution >= 4 is 11.8 Å². The minimum atomic E-state index is -0.220. The standard InChI is InChI=1S/C17H19N3O2/c1-13-15-8-5-9-19(15)10-11-20(13)16(21)12-18-17(22)14-6-3-2-4-7-14/h2-9,13H,10-12H2,1H3,(H,18,22)/t13-/m0/s1. The van der Waals surface area contributed by atoms with Crippen molar-refractivity contribution in [1.29, 1.82) is 0 Å². The van der Waals surface area contributed by atoms with Crippen molar-refractivity contribution in [3.63, 3.8) is 0 Å². The molecule has 1 aliphatic rings. The lowest BCUT2D eigenvalue weighted by molar-refractivity contribution is -0.133. The van der Waals surface area contributed by atoms with E-state index >= 15 is 0 Å². The molecular weight excluding hydrogens is 278 g/mol. The summed E-state index contributed by atoms with van der Waals surface area (Å²) in [5.74, 6) is -0.272. The quantitative estimate of drug-likeness (QED) is 0.939. The van der Waals surface area contributed by atoms with Gasteiger partial charge < -0.3 is 14.8 Å². The number of rotatable bonds is 3. The summed E-state index contributed by atoms with van der Waals surface area (Å²) < 4.78 is 2.16. The van der Waals surface area contributed by atoms with Crippen LogP contribution in [0.4, 0.5) is 0 Å². The number of carbonyl (C=O) groups is 2. The van der Waals surface area contributed by atoms with E-state index in [1.807, 2.05) is 36.2 Å². The van der Waals surface area contributed by atoms with E-state index in [1.165, 1.54) is 0 Å². The van der Waals surface area contributed by atoms with Crippen LogP contribution in [0, 0.1) is 0 Å². The maximum Gasteiger partial charge on any atom is 0.251 e. The van der Waals surface area contributed by atoms with Gasteiger partial charge in [-0.3, -0.25) is 9.59 Å². The topological polar surface area (TPSA) is 54.3 Å². The molecule has 1 aromatic carbocycles. The molecule has 22 heavy (non-hydrogen) atoms. The zero-order valence-corrected chi connectivity index (χ0v) is 12.5. The number of nitrogens with one attached hydrogen (secondary N) is 1. The van der Waals surface area contributed by atoms with E-state index in [4.69, 9.17) is 0 Å². The summed E-state index contributed by atoms with van der Waals surface area (Å²) in [5, 5.41) is 2.70. The van der Waals surface area contributed by atoms with Crippen LogP contribution in [0.5, 0.6) is 0 Å². The van der Waals surface area contributed by atoms with Gasteiger partial charge in [-0.2, -0.15) is 0 Å². The zero-order valence-electron chi connectivity index (χ0n) is 12.5. The van der Waals surface area contributed by atoms with Gasteiger partial charge in [-0.25, -0.2) is 0 Å². The first kappa shape index (κ1) is 14.4. The Morgan fingerprint density at radius 2 is 1.91 bits per heavy atom. The highest BCUT2D eigenvalue weighted by molar-refractivity contribution is 5.96. The number of aromatic nitrogens is 1. The molecule has 0 unspecified atom stereocenters. The predicted octanol–water partition coefficient (Wildman–Crippen LogP) is 1.82. The number of fused-ring (bicyclic) bond motifs is 1. The van der Waals surface area contributed by atoms with E-state index in [0.29, 0.717) is 12.1 Å². The molecule has 2 aromatic rings. The van der Waals surface area contributed by atoms with Gasteiger partial charge in [0.2, 0.25) is 5.91 Å². The van der Waals surface area contributed by atoms with Gasteiger partial charge in [0.25, 0.3) is 5.91 Å². The molecule has 2 heterocycles. The number of hydrogen-bond donors (Lipinski definition) is 1. The molecule has 1 N–H and O–H groups in total. The van der Waals surface area contributed by atoms with Crippen molar-refractivity contribution in [2.24, 2.45) is 0 Å². The first-order valence-corrected chi connectivity index (χ1v) is 7.44. The summed E-state index contributed by atoms with van der Waals surface area (Å²) in [5.41, 5.74) is 1.70. The van der Waals surface area contributed by atoms with Crippen LogP contribution >= 0.6 is 0 Å². The molecule has 0 spiro atoms. The molecule has 3 rings (SSSR count).